The summed E-state index contributed by atoms with van der Waals surface area (Å²) in [5.41, 5.74) is 1.36. The van der Waals surface area contributed by atoms with E-state index in [2.05, 4.69) is 20.2 Å². The van der Waals surface area contributed by atoms with Crippen molar-refractivity contribution in [1.82, 2.24) is 14.9 Å². The molecule has 0 aliphatic carbocycles. The lowest BCUT2D eigenvalue weighted by atomic mass is 10.2. The molecule has 142 valence electrons. The molecule has 1 amide bonds. The van der Waals surface area contributed by atoms with Gasteiger partial charge in [-0.25, -0.2) is 9.97 Å². The molecule has 0 atom stereocenters. The van der Waals surface area contributed by atoms with Crippen LogP contribution in [0.2, 0.25) is 5.02 Å². The summed E-state index contributed by atoms with van der Waals surface area (Å²) in [6, 6.07) is 16.8. The highest BCUT2D eigenvalue weighted by atomic mass is 35.5. The van der Waals surface area contributed by atoms with Crippen LogP contribution in [0.4, 0.5) is 17.3 Å². The first-order valence-corrected chi connectivity index (χ1v) is 9.51. The third kappa shape index (κ3) is 4.07. The molecule has 0 unspecified atom stereocenters. The zero-order chi connectivity index (χ0) is 19.3. The zero-order valence-corrected chi connectivity index (χ0v) is 16.0. The first kappa shape index (κ1) is 18.3. The number of carbonyl (C=O) groups excluding carboxylic acids is 1. The second-order valence-corrected chi connectivity index (χ2v) is 6.91. The molecule has 1 aliphatic rings. The van der Waals surface area contributed by atoms with Crippen molar-refractivity contribution in [3.05, 3.63) is 77.6 Å². The number of anilines is 3. The predicted octanol–water partition coefficient (Wildman–Crippen LogP) is 3.84. The number of hydrogen-bond acceptors (Lipinski definition) is 5. The Bertz CT molecular complexity index is 958. The first-order valence-electron chi connectivity index (χ1n) is 9.13. The Morgan fingerprint density at radius 3 is 2.46 bits per heavy atom. The van der Waals surface area contributed by atoms with Gasteiger partial charge in [0.15, 0.2) is 0 Å². The summed E-state index contributed by atoms with van der Waals surface area (Å²) < 4.78 is 0. The van der Waals surface area contributed by atoms with Gasteiger partial charge in [0.1, 0.15) is 11.6 Å². The highest BCUT2D eigenvalue weighted by Gasteiger charge is 2.23. The molecular formula is C21H20ClN5O. The van der Waals surface area contributed by atoms with Crippen LogP contribution in [0, 0.1) is 0 Å². The molecule has 3 aromatic rings. The van der Waals surface area contributed by atoms with Gasteiger partial charge in [-0.2, -0.15) is 0 Å². The van der Waals surface area contributed by atoms with E-state index in [0.717, 1.165) is 24.6 Å². The molecule has 6 nitrogen and oxygen atoms in total. The van der Waals surface area contributed by atoms with Crippen LogP contribution in [0.15, 0.2) is 67.0 Å². The minimum atomic E-state index is 0.00489. The highest BCUT2D eigenvalue weighted by molar-refractivity contribution is 6.33. The van der Waals surface area contributed by atoms with E-state index >= 15 is 0 Å². The Morgan fingerprint density at radius 2 is 1.71 bits per heavy atom. The number of benzene rings is 1. The topological polar surface area (TPSA) is 61.4 Å². The Morgan fingerprint density at radius 1 is 0.929 bits per heavy atom. The Labute approximate surface area is 168 Å². The minimum Gasteiger partial charge on any atom is -0.353 e. The summed E-state index contributed by atoms with van der Waals surface area (Å²) >= 11 is 6.19. The molecule has 0 saturated carbocycles. The molecule has 1 N–H and O–H groups in total. The van der Waals surface area contributed by atoms with Gasteiger partial charge in [0.25, 0.3) is 5.91 Å². The molecule has 0 radical (unpaired) electrons. The molecule has 1 saturated heterocycles. The third-order valence-corrected chi connectivity index (χ3v) is 5.01. The van der Waals surface area contributed by atoms with Gasteiger partial charge in [0, 0.05) is 44.1 Å². The molecule has 1 fully saturated rings. The van der Waals surface area contributed by atoms with E-state index in [1.165, 1.54) is 0 Å². The smallest absolute Gasteiger partial charge is 0.254 e. The van der Waals surface area contributed by atoms with Crippen molar-refractivity contribution >= 4 is 34.8 Å². The largest absolute Gasteiger partial charge is 0.353 e. The maximum Gasteiger partial charge on any atom is 0.254 e. The lowest BCUT2D eigenvalue weighted by Crippen LogP contribution is -2.49. The standard InChI is InChI=1S/C21H20ClN5O/c22-17-5-1-2-6-18(17)25-19-15-16(8-10-23-19)21(28)27-13-11-26(12-14-27)20-7-3-4-9-24-20/h1-10,15H,11-14H2,(H,23,25). The summed E-state index contributed by atoms with van der Waals surface area (Å²) in [7, 11) is 0. The lowest BCUT2D eigenvalue weighted by molar-refractivity contribution is 0.0746. The summed E-state index contributed by atoms with van der Waals surface area (Å²) in [5, 5.41) is 3.77. The number of hydrogen-bond donors (Lipinski definition) is 1. The number of para-hydroxylation sites is 1. The number of aromatic nitrogens is 2. The van der Waals surface area contributed by atoms with E-state index in [4.69, 9.17) is 11.6 Å². The normalized spacial score (nSPS) is 14.0. The molecule has 3 heterocycles. The molecule has 0 spiro atoms. The molecule has 0 bridgehead atoms. The number of amides is 1. The fourth-order valence-electron chi connectivity index (χ4n) is 3.19. The number of pyridine rings is 2. The average molecular weight is 394 g/mol. The second-order valence-electron chi connectivity index (χ2n) is 6.50. The van der Waals surface area contributed by atoms with E-state index in [9.17, 15) is 4.79 Å². The summed E-state index contributed by atoms with van der Waals surface area (Å²) in [4.78, 5) is 25.7. The van der Waals surface area contributed by atoms with Crippen molar-refractivity contribution in [2.24, 2.45) is 0 Å². The molecular weight excluding hydrogens is 374 g/mol. The van der Waals surface area contributed by atoms with E-state index < -0.39 is 0 Å². The number of piperazine rings is 1. The second kappa shape index (κ2) is 8.27. The van der Waals surface area contributed by atoms with Crippen LogP contribution in [0.25, 0.3) is 0 Å². The third-order valence-electron chi connectivity index (χ3n) is 4.68. The molecule has 1 aliphatic heterocycles. The number of nitrogens with zero attached hydrogens (tertiary/aromatic N) is 4. The maximum atomic E-state index is 12.9. The van der Waals surface area contributed by atoms with E-state index in [0.29, 0.717) is 29.5 Å². The van der Waals surface area contributed by atoms with Crippen LogP contribution in [0.5, 0.6) is 0 Å². The number of halogens is 1. The maximum absolute atomic E-state index is 12.9. The van der Waals surface area contributed by atoms with E-state index in [1.807, 2.05) is 41.3 Å². The van der Waals surface area contributed by atoms with Gasteiger partial charge in [0.2, 0.25) is 0 Å². The van der Waals surface area contributed by atoms with Crippen molar-refractivity contribution < 1.29 is 4.79 Å². The quantitative estimate of drug-likeness (QED) is 0.729. The summed E-state index contributed by atoms with van der Waals surface area (Å²) in [5.74, 6) is 1.54. The minimum absolute atomic E-state index is 0.00489. The van der Waals surface area contributed by atoms with Gasteiger partial charge in [-0.3, -0.25) is 4.79 Å². The predicted molar refractivity (Wildman–Crippen MR) is 111 cm³/mol. The fourth-order valence-corrected chi connectivity index (χ4v) is 3.38. The van der Waals surface area contributed by atoms with Crippen molar-refractivity contribution in [3.8, 4) is 0 Å². The van der Waals surface area contributed by atoms with Gasteiger partial charge in [0.05, 0.1) is 10.7 Å². The van der Waals surface area contributed by atoms with Crippen molar-refractivity contribution in [2.45, 2.75) is 0 Å². The van der Waals surface area contributed by atoms with Crippen LogP contribution >= 0.6 is 11.6 Å². The zero-order valence-electron chi connectivity index (χ0n) is 15.3. The number of nitrogens with one attached hydrogen (secondary N) is 1. The van der Waals surface area contributed by atoms with Crippen molar-refractivity contribution in [1.29, 1.82) is 0 Å². The van der Waals surface area contributed by atoms with Crippen molar-refractivity contribution in [3.63, 3.8) is 0 Å². The van der Waals surface area contributed by atoms with Gasteiger partial charge in [-0.15, -0.1) is 0 Å². The summed E-state index contributed by atoms with van der Waals surface area (Å²) in [6.45, 7) is 2.84. The molecule has 2 aromatic heterocycles. The molecule has 1 aromatic carbocycles. The van der Waals surface area contributed by atoms with Gasteiger partial charge in [-0.1, -0.05) is 29.8 Å². The number of rotatable bonds is 4. The first-order chi connectivity index (χ1) is 13.7. The lowest BCUT2D eigenvalue weighted by Gasteiger charge is -2.35. The van der Waals surface area contributed by atoms with Crippen LogP contribution in [0.3, 0.4) is 0 Å². The molecule has 28 heavy (non-hydrogen) atoms. The van der Waals surface area contributed by atoms with E-state index in [1.54, 1.807) is 30.6 Å². The average Bonchev–Trinajstić information content (AvgIpc) is 2.76. The monoisotopic (exact) mass is 393 g/mol. The Kier molecular flexibility index (Phi) is 5.39. The van der Waals surface area contributed by atoms with Crippen molar-refractivity contribution in [2.75, 3.05) is 36.4 Å². The molecule has 7 heteroatoms. The van der Waals surface area contributed by atoms with Gasteiger partial charge in [-0.05, 0) is 36.4 Å². The Hall–Kier alpha value is -3.12. The SMILES string of the molecule is O=C(c1ccnc(Nc2ccccc2Cl)c1)N1CCN(c2ccccn2)CC1. The molecule has 4 rings (SSSR count). The van der Waals surface area contributed by atoms with Crippen LogP contribution < -0.4 is 10.2 Å². The van der Waals surface area contributed by atoms with Gasteiger partial charge >= 0.3 is 0 Å². The Balaban J connectivity index is 1.42. The number of carbonyl (C=O) groups is 1. The summed E-state index contributed by atoms with van der Waals surface area (Å²) in [6.07, 6.45) is 3.42. The fraction of sp³-hybridized carbons (Fsp3) is 0.190. The van der Waals surface area contributed by atoms with E-state index in [-0.39, 0.29) is 5.91 Å². The highest BCUT2D eigenvalue weighted by Crippen LogP contribution is 2.24. The van der Waals surface area contributed by atoms with Gasteiger partial charge < -0.3 is 15.1 Å². The van der Waals surface area contributed by atoms with Crippen LogP contribution in [-0.2, 0) is 0 Å². The van der Waals surface area contributed by atoms with Crippen LogP contribution in [-0.4, -0.2) is 47.0 Å². The van der Waals surface area contributed by atoms with Crippen LogP contribution in [0.1, 0.15) is 10.4 Å².